The summed E-state index contributed by atoms with van der Waals surface area (Å²) in [6.07, 6.45) is 3.16. The Morgan fingerprint density at radius 1 is 1.25 bits per heavy atom. The number of hydrogen-bond acceptors (Lipinski definition) is 2. The molecule has 2 bridgehead atoms. The van der Waals surface area contributed by atoms with Crippen LogP contribution in [0.1, 0.15) is 31.7 Å². The third-order valence-electron chi connectivity index (χ3n) is 5.06. The first kappa shape index (κ1) is 13.6. The molecule has 0 spiro atoms. The molecule has 0 saturated carbocycles. The van der Waals surface area contributed by atoms with E-state index in [1.54, 1.807) is 0 Å². The van der Waals surface area contributed by atoms with E-state index in [9.17, 15) is 4.79 Å². The summed E-state index contributed by atoms with van der Waals surface area (Å²) in [4.78, 5) is 12.3. The minimum absolute atomic E-state index is 0.0489. The van der Waals surface area contributed by atoms with Gasteiger partial charge < -0.3 is 9.22 Å². The molecule has 0 aromatic heterocycles. The number of carbonyl (C=O) groups is 1. The SMILES string of the molecule is CCOC(=O)C12CCC[N+](Cc3ccccc3)(CC1)C2. The topological polar surface area (TPSA) is 26.3 Å². The number of piperidine rings is 1. The Balaban J connectivity index is 1.78. The summed E-state index contributed by atoms with van der Waals surface area (Å²) >= 11 is 0. The van der Waals surface area contributed by atoms with Gasteiger partial charge in [0, 0.05) is 12.0 Å². The molecule has 0 radical (unpaired) electrons. The molecular formula is C17H24NO2+. The Hall–Kier alpha value is -1.35. The van der Waals surface area contributed by atoms with E-state index >= 15 is 0 Å². The van der Waals surface area contributed by atoms with Crippen LogP contribution < -0.4 is 0 Å². The van der Waals surface area contributed by atoms with Gasteiger partial charge in [-0.25, -0.2) is 0 Å². The summed E-state index contributed by atoms with van der Waals surface area (Å²) in [5.74, 6) is 0.0489. The molecule has 2 aliphatic rings. The van der Waals surface area contributed by atoms with Crippen molar-refractivity contribution in [3.63, 3.8) is 0 Å². The van der Waals surface area contributed by atoms with Gasteiger partial charge in [0.05, 0.1) is 26.2 Å². The fraction of sp³-hybridized carbons (Fsp3) is 0.588. The van der Waals surface area contributed by atoms with E-state index in [2.05, 4.69) is 30.3 Å². The molecule has 2 heterocycles. The van der Waals surface area contributed by atoms with Gasteiger partial charge in [-0.15, -0.1) is 0 Å². The van der Waals surface area contributed by atoms with Crippen molar-refractivity contribution in [1.82, 2.24) is 0 Å². The van der Waals surface area contributed by atoms with Gasteiger partial charge in [0.15, 0.2) is 0 Å². The zero-order valence-corrected chi connectivity index (χ0v) is 12.3. The largest absolute Gasteiger partial charge is 0.465 e. The molecule has 108 valence electrons. The molecule has 2 saturated heterocycles. The Bertz CT molecular complexity index is 487. The van der Waals surface area contributed by atoms with Crippen LogP contribution >= 0.6 is 0 Å². The first-order valence-electron chi connectivity index (χ1n) is 7.74. The van der Waals surface area contributed by atoms with E-state index in [1.807, 2.05) is 6.92 Å². The summed E-state index contributed by atoms with van der Waals surface area (Å²) in [7, 11) is 0. The van der Waals surface area contributed by atoms with Gasteiger partial charge in [-0.05, 0) is 19.8 Å². The normalized spacial score (nSPS) is 32.0. The van der Waals surface area contributed by atoms with E-state index in [0.717, 1.165) is 43.4 Å². The molecule has 3 nitrogen and oxygen atoms in total. The van der Waals surface area contributed by atoms with E-state index in [1.165, 1.54) is 12.1 Å². The summed E-state index contributed by atoms with van der Waals surface area (Å²) in [5.41, 5.74) is 1.19. The lowest BCUT2D eigenvalue weighted by Crippen LogP contribution is -2.52. The monoisotopic (exact) mass is 274 g/mol. The van der Waals surface area contributed by atoms with Crippen molar-refractivity contribution in [2.75, 3.05) is 26.2 Å². The zero-order chi connectivity index (χ0) is 14.1. The number of rotatable bonds is 4. The van der Waals surface area contributed by atoms with Crippen molar-refractivity contribution in [3.05, 3.63) is 35.9 Å². The van der Waals surface area contributed by atoms with Gasteiger partial charge in [0.1, 0.15) is 12.0 Å². The van der Waals surface area contributed by atoms with Crippen LogP contribution in [0.2, 0.25) is 0 Å². The van der Waals surface area contributed by atoms with Crippen LogP contribution in [-0.2, 0) is 16.1 Å². The summed E-state index contributed by atoms with van der Waals surface area (Å²) in [5, 5.41) is 0. The maximum atomic E-state index is 12.3. The molecule has 1 aromatic rings. The standard InChI is InChI=1S/C17H24NO2/c1-2-20-16(19)17-9-6-11-18(14-17,12-10-17)13-15-7-4-3-5-8-15/h3-5,7-8H,2,6,9-14H2,1H3/q+1. The lowest BCUT2D eigenvalue weighted by molar-refractivity contribution is -0.935. The number of carbonyl (C=O) groups excluding carboxylic acids is 1. The zero-order valence-electron chi connectivity index (χ0n) is 12.3. The van der Waals surface area contributed by atoms with Crippen molar-refractivity contribution in [1.29, 1.82) is 0 Å². The molecule has 3 heteroatoms. The molecule has 1 aromatic carbocycles. The van der Waals surface area contributed by atoms with Crippen molar-refractivity contribution in [2.45, 2.75) is 32.7 Å². The van der Waals surface area contributed by atoms with Crippen LogP contribution in [0.25, 0.3) is 0 Å². The quantitative estimate of drug-likeness (QED) is 0.623. The lowest BCUT2D eigenvalue weighted by atomic mass is 9.80. The molecule has 0 aliphatic carbocycles. The first-order valence-corrected chi connectivity index (χ1v) is 7.74. The second-order valence-electron chi connectivity index (χ2n) is 6.45. The van der Waals surface area contributed by atoms with E-state index < -0.39 is 0 Å². The second-order valence-corrected chi connectivity index (χ2v) is 6.45. The predicted octanol–water partition coefficient (Wildman–Crippen LogP) is 2.75. The van der Waals surface area contributed by atoms with Gasteiger partial charge >= 0.3 is 5.97 Å². The van der Waals surface area contributed by atoms with Crippen LogP contribution in [-0.4, -0.2) is 36.7 Å². The average molecular weight is 274 g/mol. The van der Waals surface area contributed by atoms with Gasteiger partial charge in [-0.3, -0.25) is 4.79 Å². The highest BCUT2D eigenvalue weighted by Crippen LogP contribution is 2.45. The Labute approximate surface area is 121 Å². The Morgan fingerprint density at radius 2 is 2.05 bits per heavy atom. The third kappa shape index (κ3) is 2.35. The molecule has 2 atom stereocenters. The van der Waals surface area contributed by atoms with Crippen LogP contribution in [0, 0.1) is 5.41 Å². The molecule has 2 aliphatic heterocycles. The highest BCUT2D eigenvalue weighted by Gasteiger charge is 2.56. The molecular weight excluding hydrogens is 250 g/mol. The molecule has 0 N–H and O–H groups in total. The summed E-state index contributed by atoms with van der Waals surface area (Å²) in [6.45, 7) is 6.75. The van der Waals surface area contributed by atoms with Gasteiger partial charge in [-0.1, -0.05) is 30.3 Å². The minimum atomic E-state index is -0.191. The molecule has 0 amide bonds. The van der Waals surface area contributed by atoms with Crippen LogP contribution in [0.5, 0.6) is 0 Å². The smallest absolute Gasteiger partial charge is 0.318 e. The van der Waals surface area contributed by atoms with Crippen LogP contribution in [0.4, 0.5) is 0 Å². The number of fused-ring (bicyclic) bond motifs is 2. The molecule has 2 fully saturated rings. The van der Waals surface area contributed by atoms with Crippen molar-refractivity contribution in [3.8, 4) is 0 Å². The van der Waals surface area contributed by atoms with Crippen molar-refractivity contribution >= 4 is 5.97 Å². The first-order chi connectivity index (χ1) is 9.68. The Morgan fingerprint density at radius 3 is 2.80 bits per heavy atom. The fourth-order valence-corrected chi connectivity index (χ4v) is 4.14. The highest BCUT2D eigenvalue weighted by molar-refractivity contribution is 5.77. The van der Waals surface area contributed by atoms with Gasteiger partial charge in [0.25, 0.3) is 0 Å². The number of quaternary nitrogens is 1. The van der Waals surface area contributed by atoms with E-state index in [0.29, 0.717) is 6.61 Å². The number of ether oxygens (including phenoxy) is 1. The maximum Gasteiger partial charge on any atom is 0.318 e. The van der Waals surface area contributed by atoms with Crippen LogP contribution in [0.15, 0.2) is 30.3 Å². The van der Waals surface area contributed by atoms with Crippen molar-refractivity contribution in [2.24, 2.45) is 5.41 Å². The van der Waals surface area contributed by atoms with E-state index in [4.69, 9.17) is 4.74 Å². The summed E-state index contributed by atoms with van der Waals surface area (Å²) < 4.78 is 6.42. The average Bonchev–Trinajstić information content (AvgIpc) is 2.72. The Kier molecular flexibility index (Phi) is 3.55. The minimum Gasteiger partial charge on any atom is -0.465 e. The molecule has 20 heavy (non-hydrogen) atoms. The lowest BCUT2D eigenvalue weighted by Gasteiger charge is -2.40. The number of hydrogen-bond donors (Lipinski definition) is 0. The molecule has 3 rings (SSSR count). The highest BCUT2D eigenvalue weighted by atomic mass is 16.5. The number of benzene rings is 1. The third-order valence-corrected chi connectivity index (χ3v) is 5.06. The van der Waals surface area contributed by atoms with Gasteiger partial charge in [0.2, 0.25) is 0 Å². The second kappa shape index (κ2) is 5.21. The number of nitrogens with zero attached hydrogens (tertiary/aromatic N) is 1. The molecule has 2 unspecified atom stereocenters. The van der Waals surface area contributed by atoms with Crippen LogP contribution in [0.3, 0.4) is 0 Å². The summed E-state index contributed by atoms with van der Waals surface area (Å²) in [6, 6.07) is 10.7. The van der Waals surface area contributed by atoms with E-state index in [-0.39, 0.29) is 11.4 Å². The predicted molar refractivity (Wildman–Crippen MR) is 77.9 cm³/mol. The fourth-order valence-electron chi connectivity index (χ4n) is 4.14. The van der Waals surface area contributed by atoms with Crippen molar-refractivity contribution < 1.29 is 14.0 Å². The maximum absolute atomic E-state index is 12.3. The van der Waals surface area contributed by atoms with Gasteiger partial charge in [-0.2, -0.15) is 0 Å². The number of esters is 1.